The average Bonchev–Trinajstić information content (AvgIpc) is 2.09. The van der Waals surface area contributed by atoms with Crippen LogP contribution in [0.3, 0.4) is 0 Å². The van der Waals surface area contributed by atoms with E-state index in [1.54, 1.807) is 5.32 Å². The van der Waals surface area contributed by atoms with Gasteiger partial charge in [-0.05, 0) is 6.42 Å². The molecule has 5 nitrogen and oxygen atoms in total. The second-order valence-corrected chi connectivity index (χ2v) is 4.37. The Bertz CT molecular complexity index is 292. The van der Waals surface area contributed by atoms with Crippen molar-refractivity contribution in [3.63, 3.8) is 0 Å². The molecule has 0 aliphatic carbocycles. The van der Waals surface area contributed by atoms with E-state index >= 15 is 0 Å². The molecule has 0 aliphatic heterocycles. The first kappa shape index (κ1) is 14.9. The molecule has 0 heterocycles. The predicted molar refractivity (Wildman–Crippen MR) is 49.2 cm³/mol. The number of rotatable bonds is 6. The van der Waals surface area contributed by atoms with Gasteiger partial charge in [-0.15, -0.1) is 0 Å². The van der Waals surface area contributed by atoms with Gasteiger partial charge in [-0.3, -0.25) is 13.8 Å². The van der Waals surface area contributed by atoms with Crippen LogP contribution in [-0.2, 0) is 20.4 Å². The van der Waals surface area contributed by atoms with E-state index in [0.717, 1.165) is 0 Å². The lowest BCUT2D eigenvalue weighted by molar-refractivity contribution is -0.173. The minimum absolute atomic E-state index is 0.0295. The van der Waals surface area contributed by atoms with Crippen LogP contribution in [0.25, 0.3) is 0 Å². The zero-order valence-corrected chi connectivity index (χ0v) is 8.86. The summed E-state index contributed by atoms with van der Waals surface area (Å²) >= 11 is 0. The maximum atomic E-state index is 11.7. The van der Waals surface area contributed by atoms with Gasteiger partial charge in [0.1, 0.15) is 5.75 Å². The fourth-order valence-corrected chi connectivity index (χ4v) is 1.63. The summed E-state index contributed by atoms with van der Waals surface area (Å²) in [5, 5.41) is 9.81. The summed E-state index contributed by atoms with van der Waals surface area (Å²) in [5.41, 5.74) is 0. The van der Waals surface area contributed by atoms with Crippen molar-refractivity contribution in [3.8, 4) is 0 Å². The molecule has 0 aromatic rings. The molecule has 0 aliphatic rings. The molecular weight excluding hydrogens is 251 g/mol. The SMILES string of the molecule is O=C(O)CS(=O)CCCNC(=O)C(F)(F)F. The number of alkyl halides is 3. The lowest BCUT2D eigenvalue weighted by atomic mass is 10.4. The molecule has 16 heavy (non-hydrogen) atoms. The number of nitrogens with one attached hydrogen (secondary N) is 1. The predicted octanol–water partition coefficient (Wildman–Crippen LogP) is -0.112. The summed E-state index contributed by atoms with van der Waals surface area (Å²) in [7, 11) is -1.62. The standard InChI is InChI=1S/C7H10F3NO4S/c8-7(9,10)6(14)11-2-1-3-16(15)4-5(12)13/h1-4H2,(H,11,14)(H,12,13). The van der Waals surface area contributed by atoms with Crippen LogP contribution in [0.2, 0.25) is 0 Å². The topological polar surface area (TPSA) is 83.5 Å². The molecule has 1 amide bonds. The van der Waals surface area contributed by atoms with Gasteiger partial charge in [-0.25, -0.2) is 0 Å². The number of carbonyl (C=O) groups is 2. The number of carboxylic acid groups (broad SMARTS) is 1. The highest BCUT2D eigenvalue weighted by molar-refractivity contribution is 7.85. The summed E-state index contributed by atoms with van der Waals surface area (Å²) in [6.45, 7) is -0.288. The first-order chi connectivity index (χ1) is 7.23. The lowest BCUT2D eigenvalue weighted by Crippen LogP contribution is -2.37. The largest absolute Gasteiger partial charge is 0.481 e. The minimum atomic E-state index is -4.93. The van der Waals surface area contributed by atoms with E-state index in [-0.39, 0.29) is 18.7 Å². The molecule has 0 fully saturated rings. The molecule has 1 unspecified atom stereocenters. The van der Waals surface area contributed by atoms with Crippen molar-refractivity contribution in [3.05, 3.63) is 0 Å². The normalized spacial score (nSPS) is 13.2. The second-order valence-electron chi connectivity index (χ2n) is 2.79. The molecule has 0 radical (unpaired) electrons. The summed E-state index contributed by atoms with van der Waals surface area (Å²) in [6.07, 6.45) is -4.90. The number of amides is 1. The first-order valence-electron chi connectivity index (χ1n) is 4.15. The van der Waals surface area contributed by atoms with Crippen LogP contribution < -0.4 is 5.32 Å². The zero-order chi connectivity index (χ0) is 12.8. The number of halogens is 3. The fraction of sp³-hybridized carbons (Fsp3) is 0.714. The van der Waals surface area contributed by atoms with E-state index in [9.17, 15) is 27.0 Å². The van der Waals surface area contributed by atoms with Crippen molar-refractivity contribution in [1.29, 1.82) is 0 Å². The van der Waals surface area contributed by atoms with E-state index in [1.807, 2.05) is 0 Å². The molecule has 9 heteroatoms. The Balaban J connectivity index is 3.65. The van der Waals surface area contributed by atoms with E-state index < -0.39 is 34.6 Å². The Labute approximate surface area is 91.5 Å². The smallest absolute Gasteiger partial charge is 0.471 e. The molecule has 0 spiro atoms. The van der Waals surface area contributed by atoms with Gasteiger partial charge in [-0.2, -0.15) is 13.2 Å². The maximum Gasteiger partial charge on any atom is 0.471 e. The van der Waals surface area contributed by atoms with Gasteiger partial charge in [0.25, 0.3) is 0 Å². The van der Waals surface area contributed by atoms with Gasteiger partial charge in [0.15, 0.2) is 0 Å². The van der Waals surface area contributed by atoms with Gasteiger partial charge >= 0.3 is 18.1 Å². The summed E-state index contributed by atoms with van der Waals surface area (Å²) in [4.78, 5) is 20.4. The molecule has 0 rings (SSSR count). The lowest BCUT2D eigenvalue weighted by Gasteiger charge is -2.06. The van der Waals surface area contributed by atoms with E-state index in [2.05, 4.69) is 0 Å². The quantitative estimate of drug-likeness (QED) is 0.653. The number of carbonyl (C=O) groups excluding carboxylic acids is 1. The molecule has 0 bridgehead atoms. The Morgan fingerprint density at radius 3 is 2.31 bits per heavy atom. The molecular formula is C7H10F3NO4S. The monoisotopic (exact) mass is 261 g/mol. The van der Waals surface area contributed by atoms with Crippen molar-refractivity contribution < 1.29 is 32.1 Å². The van der Waals surface area contributed by atoms with Crippen molar-refractivity contribution >= 4 is 22.7 Å². The highest BCUT2D eigenvalue weighted by Crippen LogP contribution is 2.13. The zero-order valence-electron chi connectivity index (χ0n) is 8.04. The van der Waals surface area contributed by atoms with Crippen molar-refractivity contribution in [2.24, 2.45) is 0 Å². The van der Waals surface area contributed by atoms with Crippen molar-refractivity contribution in [1.82, 2.24) is 5.32 Å². The molecule has 0 saturated heterocycles. The van der Waals surface area contributed by atoms with Crippen LogP contribution >= 0.6 is 0 Å². The van der Waals surface area contributed by atoms with E-state index in [1.165, 1.54) is 0 Å². The van der Waals surface area contributed by atoms with E-state index in [0.29, 0.717) is 0 Å². The van der Waals surface area contributed by atoms with Crippen LogP contribution in [0.1, 0.15) is 6.42 Å². The van der Waals surface area contributed by atoms with Crippen molar-refractivity contribution in [2.45, 2.75) is 12.6 Å². The Kier molecular flexibility index (Phi) is 6.01. The minimum Gasteiger partial charge on any atom is -0.481 e. The molecule has 94 valence electrons. The summed E-state index contributed by atoms with van der Waals surface area (Å²) < 4.78 is 45.9. The molecule has 0 aromatic carbocycles. The van der Waals surface area contributed by atoms with Crippen molar-refractivity contribution in [2.75, 3.05) is 18.1 Å². The molecule has 1 atom stereocenters. The van der Waals surface area contributed by atoms with Gasteiger partial charge < -0.3 is 10.4 Å². The molecule has 0 saturated carbocycles. The highest BCUT2D eigenvalue weighted by atomic mass is 32.2. The van der Waals surface area contributed by atoms with Crippen LogP contribution in [0.4, 0.5) is 13.2 Å². The van der Waals surface area contributed by atoms with Gasteiger partial charge in [-0.1, -0.05) is 0 Å². The number of aliphatic carboxylic acids is 1. The van der Waals surface area contributed by atoms with Gasteiger partial charge in [0.05, 0.1) is 0 Å². The first-order valence-corrected chi connectivity index (χ1v) is 5.64. The Morgan fingerprint density at radius 1 is 1.31 bits per heavy atom. The third kappa shape index (κ3) is 7.21. The van der Waals surface area contributed by atoms with E-state index in [4.69, 9.17) is 5.11 Å². The number of hydrogen-bond donors (Lipinski definition) is 2. The van der Waals surface area contributed by atoms with Crippen LogP contribution in [-0.4, -0.2) is 45.4 Å². The van der Waals surface area contributed by atoms with Crippen LogP contribution in [0.15, 0.2) is 0 Å². The third-order valence-corrected chi connectivity index (χ3v) is 2.69. The molecule has 0 aromatic heterocycles. The maximum absolute atomic E-state index is 11.7. The van der Waals surface area contributed by atoms with Crippen LogP contribution in [0.5, 0.6) is 0 Å². The Morgan fingerprint density at radius 2 is 1.88 bits per heavy atom. The highest BCUT2D eigenvalue weighted by Gasteiger charge is 2.38. The van der Waals surface area contributed by atoms with Crippen LogP contribution in [0, 0.1) is 0 Å². The summed E-state index contributed by atoms with van der Waals surface area (Å²) in [6, 6.07) is 0. The fourth-order valence-electron chi connectivity index (χ4n) is 0.745. The van der Waals surface area contributed by atoms with Gasteiger partial charge in [0.2, 0.25) is 0 Å². The average molecular weight is 261 g/mol. The Hall–Kier alpha value is -1.12. The number of carboxylic acids is 1. The number of hydrogen-bond acceptors (Lipinski definition) is 3. The summed E-state index contributed by atoms with van der Waals surface area (Å²) in [5.74, 6) is -3.91. The molecule has 2 N–H and O–H groups in total. The third-order valence-electron chi connectivity index (χ3n) is 1.38. The second kappa shape index (κ2) is 6.46. The van der Waals surface area contributed by atoms with Gasteiger partial charge in [0, 0.05) is 23.1 Å².